The van der Waals surface area contributed by atoms with Crippen LogP contribution in [-0.4, -0.2) is 54.6 Å². The van der Waals surface area contributed by atoms with Crippen LogP contribution in [0.5, 0.6) is 0 Å². The molecule has 1 aromatic rings. The Morgan fingerprint density at radius 3 is 2.24 bits per heavy atom. The van der Waals surface area contributed by atoms with Gasteiger partial charge in [0.15, 0.2) is 0 Å². The summed E-state index contributed by atoms with van der Waals surface area (Å²) in [6, 6.07) is 0. The fourth-order valence-corrected chi connectivity index (χ4v) is 2.66. The smallest absolute Gasteiger partial charge is 0.137 e. The van der Waals surface area contributed by atoms with Gasteiger partial charge in [-0.1, -0.05) is 20.8 Å². The minimum Gasteiger partial charge on any atom is -0.373 e. The molecular formula is C16H31N5. The molecular weight excluding hydrogens is 262 g/mol. The molecule has 1 heterocycles. The molecule has 1 N–H and O–H groups in total. The molecule has 0 aromatic carbocycles. The van der Waals surface area contributed by atoms with Gasteiger partial charge in [0.05, 0.1) is 0 Å². The zero-order valence-corrected chi connectivity index (χ0v) is 14.3. The lowest BCUT2D eigenvalue weighted by Crippen LogP contribution is -2.31. The highest BCUT2D eigenvalue weighted by atomic mass is 15.2. The van der Waals surface area contributed by atoms with Crippen molar-refractivity contribution in [2.75, 3.05) is 50.0 Å². The predicted molar refractivity (Wildman–Crippen MR) is 91.2 cm³/mol. The highest BCUT2D eigenvalue weighted by Gasteiger charge is 2.14. The van der Waals surface area contributed by atoms with Crippen molar-refractivity contribution in [2.45, 2.75) is 40.5 Å². The summed E-state index contributed by atoms with van der Waals surface area (Å²) in [5, 5.41) is 3.17. The maximum absolute atomic E-state index is 4.53. The summed E-state index contributed by atoms with van der Waals surface area (Å²) in [5.74, 6) is 2.03. The second-order valence-electron chi connectivity index (χ2n) is 5.09. The second kappa shape index (κ2) is 9.55. The van der Waals surface area contributed by atoms with Gasteiger partial charge in [-0.05, 0) is 39.4 Å². The highest BCUT2D eigenvalue weighted by molar-refractivity contribution is 5.58. The van der Waals surface area contributed by atoms with E-state index >= 15 is 0 Å². The average Bonchev–Trinajstić information content (AvgIpc) is 2.54. The van der Waals surface area contributed by atoms with E-state index in [1.165, 1.54) is 5.56 Å². The van der Waals surface area contributed by atoms with Gasteiger partial charge >= 0.3 is 0 Å². The largest absolute Gasteiger partial charge is 0.373 e. The first-order valence-electron chi connectivity index (χ1n) is 8.20. The summed E-state index contributed by atoms with van der Waals surface area (Å²) >= 11 is 0. The summed E-state index contributed by atoms with van der Waals surface area (Å²) in [5.41, 5.74) is 1.21. The van der Waals surface area contributed by atoms with E-state index in [-0.39, 0.29) is 0 Å². The zero-order chi connectivity index (χ0) is 15.7. The molecule has 0 bridgehead atoms. The van der Waals surface area contributed by atoms with E-state index in [0.29, 0.717) is 0 Å². The molecule has 1 aromatic heterocycles. The first-order valence-corrected chi connectivity index (χ1v) is 8.20. The van der Waals surface area contributed by atoms with Crippen LogP contribution in [0.15, 0.2) is 6.33 Å². The van der Waals surface area contributed by atoms with Crippen molar-refractivity contribution < 1.29 is 0 Å². The molecule has 21 heavy (non-hydrogen) atoms. The van der Waals surface area contributed by atoms with Gasteiger partial charge in [-0.3, -0.25) is 0 Å². The van der Waals surface area contributed by atoms with E-state index in [9.17, 15) is 0 Å². The highest BCUT2D eigenvalue weighted by Crippen LogP contribution is 2.23. The van der Waals surface area contributed by atoms with Crippen LogP contribution in [0.25, 0.3) is 0 Å². The quantitative estimate of drug-likeness (QED) is 0.718. The molecule has 0 saturated heterocycles. The van der Waals surface area contributed by atoms with Gasteiger partial charge in [-0.15, -0.1) is 0 Å². The van der Waals surface area contributed by atoms with E-state index < -0.39 is 0 Å². The Kier molecular flexibility index (Phi) is 8.05. The Labute approximate surface area is 129 Å². The van der Waals surface area contributed by atoms with Crippen LogP contribution in [0, 0.1) is 0 Å². The van der Waals surface area contributed by atoms with E-state index in [1.54, 1.807) is 6.33 Å². The van der Waals surface area contributed by atoms with Crippen molar-refractivity contribution in [3.05, 3.63) is 11.9 Å². The lowest BCUT2D eigenvalue weighted by Gasteiger charge is -2.26. The number of hydrogen-bond donors (Lipinski definition) is 1. The number of nitrogens with one attached hydrogen (secondary N) is 1. The number of nitrogens with zero attached hydrogens (tertiary/aromatic N) is 4. The van der Waals surface area contributed by atoms with Gasteiger partial charge in [0.1, 0.15) is 18.0 Å². The Hall–Kier alpha value is -1.36. The molecule has 0 atom stereocenters. The normalized spacial score (nSPS) is 11.0. The van der Waals surface area contributed by atoms with Crippen molar-refractivity contribution in [1.29, 1.82) is 0 Å². The van der Waals surface area contributed by atoms with Crippen LogP contribution >= 0.6 is 0 Å². The number of aromatic nitrogens is 2. The molecule has 0 amide bonds. The van der Waals surface area contributed by atoms with Crippen molar-refractivity contribution >= 4 is 11.6 Å². The number of hydrogen-bond acceptors (Lipinski definition) is 5. The van der Waals surface area contributed by atoms with Crippen molar-refractivity contribution in [3.63, 3.8) is 0 Å². The van der Waals surface area contributed by atoms with E-state index in [4.69, 9.17) is 0 Å². The molecule has 1 rings (SSSR count). The molecule has 120 valence electrons. The summed E-state index contributed by atoms with van der Waals surface area (Å²) in [7, 11) is 1.92. The third kappa shape index (κ3) is 4.84. The third-order valence-electron chi connectivity index (χ3n) is 3.99. The van der Waals surface area contributed by atoms with Crippen LogP contribution < -0.4 is 10.2 Å². The topological polar surface area (TPSA) is 44.3 Å². The maximum atomic E-state index is 4.53. The molecule has 0 spiro atoms. The molecule has 0 aliphatic heterocycles. The van der Waals surface area contributed by atoms with Gasteiger partial charge in [0.25, 0.3) is 0 Å². The second-order valence-corrected chi connectivity index (χ2v) is 5.09. The van der Waals surface area contributed by atoms with Gasteiger partial charge < -0.3 is 15.1 Å². The number of rotatable bonds is 10. The van der Waals surface area contributed by atoms with Crippen LogP contribution in [0.1, 0.15) is 39.7 Å². The fourth-order valence-electron chi connectivity index (χ4n) is 2.66. The lowest BCUT2D eigenvalue weighted by atomic mass is 10.2. The minimum atomic E-state index is 0.943. The van der Waals surface area contributed by atoms with Crippen molar-refractivity contribution in [2.24, 2.45) is 0 Å². The van der Waals surface area contributed by atoms with Crippen LogP contribution in [-0.2, 0) is 6.42 Å². The minimum absolute atomic E-state index is 0.943. The van der Waals surface area contributed by atoms with Crippen LogP contribution in [0.2, 0.25) is 0 Å². The molecule has 0 unspecified atom stereocenters. The average molecular weight is 293 g/mol. The summed E-state index contributed by atoms with van der Waals surface area (Å²) in [4.78, 5) is 13.7. The first-order chi connectivity index (χ1) is 10.2. The Balaban J connectivity index is 2.76. The lowest BCUT2D eigenvalue weighted by molar-refractivity contribution is 0.300. The summed E-state index contributed by atoms with van der Waals surface area (Å²) in [6.45, 7) is 14.2. The van der Waals surface area contributed by atoms with Crippen molar-refractivity contribution in [1.82, 2.24) is 14.9 Å². The zero-order valence-electron chi connectivity index (χ0n) is 14.3. The maximum Gasteiger partial charge on any atom is 0.137 e. The third-order valence-corrected chi connectivity index (χ3v) is 3.99. The monoisotopic (exact) mass is 293 g/mol. The summed E-state index contributed by atoms with van der Waals surface area (Å²) < 4.78 is 0. The Morgan fingerprint density at radius 2 is 1.71 bits per heavy atom. The summed E-state index contributed by atoms with van der Waals surface area (Å²) in [6.07, 6.45) is 3.77. The molecule has 0 aliphatic rings. The SMILES string of the molecule is CCc1c(NC)ncnc1N(CC)CCCN(CC)CC. The molecule has 5 nitrogen and oxygen atoms in total. The van der Waals surface area contributed by atoms with E-state index in [2.05, 4.69) is 52.8 Å². The van der Waals surface area contributed by atoms with Gasteiger partial charge in [-0.25, -0.2) is 9.97 Å². The molecule has 0 fully saturated rings. The van der Waals surface area contributed by atoms with Crippen LogP contribution in [0.4, 0.5) is 11.6 Å². The van der Waals surface area contributed by atoms with Crippen LogP contribution in [0.3, 0.4) is 0 Å². The predicted octanol–water partition coefficient (Wildman–Crippen LogP) is 2.64. The van der Waals surface area contributed by atoms with Gasteiger partial charge in [-0.2, -0.15) is 0 Å². The Bertz CT molecular complexity index is 404. The number of anilines is 2. The fraction of sp³-hybridized carbons (Fsp3) is 0.750. The van der Waals surface area contributed by atoms with Crippen molar-refractivity contribution in [3.8, 4) is 0 Å². The molecule has 0 aliphatic carbocycles. The van der Waals surface area contributed by atoms with Gasteiger partial charge in [0.2, 0.25) is 0 Å². The van der Waals surface area contributed by atoms with E-state index in [0.717, 1.165) is 57.2 Å². The molecule has 0 saturated carbocycles. The first kappa shape index (κ1) is 17.7. The molecule has 0 radical (unpaired) electrons. The Morgan fingerprint density at radius 1 is 1.00 bits per heavy atom. The van der Waals surface area contributed by atoms with E-state index in [1.807, 2.05) is 7.05 Å². The molecule has 5 heteroatoms. The van der Waals surface area contributed by atoms with Gasteiger partial charge in [0, 0.05) is 25.7 Å². The standard InChI is InChI=1S/C16H31N5/c1-6-14-15(17-5)18-13-19-16(14)21(9-4)12-10-11-20(7-2)8-3/h13H,6-12H2,1-5H3,(H,17,18,19).